The first-order valence-corrected chi connectivity index (χ1v) is 9.35. The van der Waals surface area contributed by atoms with Crippen molar-refractivity contribution in [1.82, 2.24) is 0 Å². The molecule has 30 heavy (non-hydrogen) atoms. The molecule has 0 amide bonds. The molecule has 1 aliphatic heterocycles. The lowest BCUT2D eigenvalue weighted by molar-refractivity contribution is -0.290. The third-order valence-corrected chi connectivity index (χ3v) is 5.31. The van der Waals surface area contributed by atoms with E-state index in [9.17, 15) is 24.7 Å². The van der Waals surface area contributed by atoms with Crippen molar-refractivity contribution < 1.29 is 43.8 Å². The van der Waals surface area contributed by atoms with Gasteiger partial charge in [-0.2, -0.15) is 0 Å². The largest absolute Gasteiger partial charge is 0.466 e. The molecule has 2 N–H and O–H groups in total. The lowest BCUT2D eigenvalue weighted by atomic mass is 9.80. The number of ether oxygens (including phenoxy) is 3. The Kier molecular flexibility index (Phi) is 7.71. The zero-order valence-electron chi connectivity index (χ0n) is 17.1. The molecule has 0 radical (unpaired) electrons. The van der Waals surface area contributed by atoms with Crippen molar-refractivity contribution in [3.63, 3.8) is 0 Å². The highest BCUT2D eigenvalue weighted by molar-refractivity contribution is 5.93. The van der Waals surface area contributed by atoms with Crippen LogP contribution in [0.2, 0.25) is 0 Å². The van der Waals surface area contributed by atoms with Crippen LogP contribution in [0.3, 0.4) is 0 Å². The number of aliphatic hydroxyl groups is 1. The van der Waals surface area contributed by atoms with Gasteiger partial charge in [0.05, 0.1) is 18.6 Å². The van der Waals surface area contributed by atoms with Gasteiger partial charge in [-0.3, -0.25) is 5.26 Å². The van der Waals surface area contributed by atoms with Crippen molar-refractivity contribution in [1.29, 1.82) is 0 Å². The predicted molar refractivity (Wildman–Crippen MR) is 104 cm³/mol. The van der Waals surface area contributed by atoms with E-state index in [1.54, 1.807) is 6.92 Å². The van der Waals surface area contributed by atoms with Crippen LogP contribution in [-0.2, 0) is 33.5 Å². The number of hydrogen-bond donors (Lipinski definition) is 2. The fraction of sp³-hybridized carbons (Fsp3) is 0.476. The molecule has 0 aromatic heterocycles. The standard InChI is InChI=1S/C21H26O9/c1-6-10(2)19(23)28-17-14-12(4)20(24)29-18(14)16(30-26)11(3)8-7-9-13(15(17)22)21(25)27-5/h6,9,14-18,22,26H,3-4,7-8H2,1-2,5H3. The van der Waals surface area contributed by atoms with Crippen LogP contribution in [0.1, 0.15) is 26.7 Å². The summed E-state index contributed by atoms with van der Waals surface area (Å²) in [4.78, 5) is 41.6. The first-order valence-electron chi connectivity index (χ1n) is 9.35. The Morgan fingerprint density at radius 2 is 2.00 bits per heavy atom. The lowest BCUT2D eigenvalue weighted by Gasteiger charge is -2.34. The van der Waals surface area contributed by atoms with Gasteiger partial charge in [0.2, 0.25) is 0 Å². The van der Waals surface area contributed by atoms with E-state index in [4.69, 9.17) is 14.2 Å². The van der Waals surface area contributed by atoms with Crippen LogP contribution < -0.4 is 0 Å². The monoisotopic (exact) mass is 422 g/mol. The second-order valence-corrected chi connectivity index (χ2v) is 7.08. The van der Waals surface area contributed by atoms with Gasteiger partial charge in [0.1, 0.15) is 18.3 Å². The molecule has 0 aromatic carbocycles. The SMILES string of the molecule is C=C1CCC=C(C(=O)OC)C(O)C(OC(=O)C(C)=CC)C2C(=C)C(=O)OC2C1OO. The minimum absolute atomic E-state index is 0.102. The van der Waals surface area contributed by atoms with Crippen molar-refractivity contribution in [3.05, 3.63) is 47.6 Å². The van der Waals surface area contributed by atoms with E-state index in [0.717, 1.165) is 7.11 Å². The molecule has 1 aliphatic carbocycles. The van der Waals surface area contributed by atoms with E-state index in [1.165, 1.54) is 19.1 Å². The van der Waals surface area contributed by atoms with E-state index in [-0.39, 0.29) is 29.6 Å². The van der Waals surface area contributed by atoms with Crippen LogP contribution in [0.5, 0.6) is 0 Å². The molecule has 0 bridgehead atoms. The van der Waals surface area contributed by atoms with Gasteiger partial charge in [-0.05, 0) is 32.3 Å². The molecule has 5 unspecified atom stereocenters. The topological polar surface area (TPSA) is 129 Å². The van der Waals surface area contributed by atoms with Gasteiger partial charge in [0.25, 0.3) is 0 Å². The Morgan fingerprint density at radius 1 is 1.33 bits per heavy atom. The molecule has 2 rings (SSSR count). The molecule has 9 nitrogen and oxygen atoms in total. The average molecular weight is 422 g/mol. The van der Waals surface area contributed by atoms with E-state index >= 15 is 0 Å². The van der Waals surface area contributed by atoms with Gasteiger partial charge in [-0.1, -0.05) is 25.3 Å². The number of rotatable bonds is 4. The summed E-state index contributed by atoms with van der Waals surface area (Å²) in [7, 11) is 1.15. The molecule has 2 aliphatic rings. The third kappa shape index (κ3) is 4.53. The van der Waals surface area contributed by atoms with Crippen LogP contribution >= 0.6 is 0 Å². The summed E-state index contributed by atoms with van der Waals surface area (Å²) in [6.45, 7) is 10.7. The number of fused-ring (bicyclic) bond motifs is 1. The Balaban J connectivity index is 2.63. The van der Waals surface area contributed by atoms with Crippen LogP contribution in [0.4, 0.5) is 0 Å². The molecule has 164 valence electrons. The van der Waals surface area contributed by atoms with Crippen molar-refractivity contribution in [2.75, 3.05) is 7.11 Å². The predicted octanol–water partition coefficient (Wildman–Crippen LogP) is 1.63. The van der Waals surface area contributed by atoms with Gasteiger partial charge >= 0.3 is 17.9 Å². The highest BCUT2D eigenvalue weighted by Crippen LogP contribution is 2.39. The molecule has 0 spiro atoms. The van der Waals surface area contributed by atoms with Crippen LogP contribution in [-0.4, -0.2) is 59.8 Å². The summed E-state index contributed by atoms with van der Waals surface area (Å²) in [6, 6.07) is 0. The summed E-state index contributed by atoms with van der Waals surface area (Å²) in [5.74, 6) is -3.52. The number of aliphatic hydroxyl groups excluding tert-OH is 1. The van der Waals surface area contributed by atoms with E-state index < -0.39 is 48.2 Å². The minimum Gasteiger partial charge on any atom is -0.466 e. The molecule has 9 heteroatoms. The number of allylic oxidation sites excluding steroid dienone is 2. The number of esters is 3. The quantitative estimate of drug-likeness (QED) is 0.173. The number of hydrogen-bond acceptors (Lipinski definition) is 9. The maximum atomic E-state index is 12.5. The Labute approximate surface area is 174 Å². The van der Waals surface area contributed by atoms with Gasteiger partial charge < -0.3 is 19.3 Å². The molecule has 1 heterocycles. The first-order chi connectivity index (χ1) is 14.2. The number of carbonyl (C=O) groups is 3. The minimum atomic E-state index is -1.66. The lowest BCUT2D eigenvalue weighted by Crippen LogP contribution is -2.48. The van der Waals surface area contributed by atoms with E-state index in [0.29, 0.717) is 5.57 Å². The molecule has 0 aromatic rings. The Morgan fingerprint density at radius 3 is 2.57 bits per heavy atom. The van der Waals surface area contributed by atoms with Gasteiger partial charge in [-0.25, -0.2) is 19.3 Å². The first kappa shape index (κ1) is 23.5. The second kappa shape index (κ2) is 9.84. The summed E-state index contributed by atoms with van der Waals surface area (Å²) in [5.41, 5.74) is 0.376. The van der Waals surface area contributed by atoms with Crippen LogP contribution in [0, 0.1) is 5.92 Å². The molecule has 5 atom stereocenters. The van der Waals surface area contributed by atoms with Gasteiger partial charge in [0.15, 0.2) is 6.10 Å². The number of methoxy groups -OCH3 is 1. The fourth-order valence-corrected chi connectivity index (χ4v) is 3.45. The molecule has 0 saturated carbocycles. The molecule has 1 saturated heterocycles. The second-order valence-electron chi connectivity index (χ2n) is 7.08. The van der Waals surface area contributed by atoms with Gasteiger partial charge in [0, 0.05) is 11.1 Å². The smallest absolute Gasteiger partial charge is 0.336 e. The van der Waals surface area contributed by atoms with Crippen LogP contribution in [0.15, 0.2) is 47.6 Å². The van der Waals surface area contributed by atoms with Crippen molar-refractivity contribution in [2.24, 2.45) is 5.92 Å². The Hall–Kier alpha value is -2.75. The zero-order valence-corrected chi connectivity index (χ0v) is 17.1. The maximum Gasteiger partial charge on any atom is 0.336 e. The van der Waals surface area contributed by atoms with E-state index in [1.807, 2.05) is 0 Å². The van der Waals surface area contributed by atoms with Gasteiger partial charge in [-0.15, -0.1) is 0 Å². The molecular formula is C21H26O9. The third-order valence-electron chi connectivity index (χ3n) is 5.31. The summed E-state index contributed by atoms with van der Waals surface area (Å²) in [6.07, 6.45) is -2.01. The van der Waals surface area contributed by atoms with Crippen molar-refractivity contribution in [3.8, 4) is 0 Å². The van der Waals surface area contributed by atoms with Crippen LogP contribution in [0.25, 0.3) is 0 Å². The summed E-state index contributed by atoms with van der Waals surface area (Å²) >= 11 is 0. The summed E-state index contributed by atoms with van der Waals surface area (Å²) in [5, 5.41) is 20.5. The van der Waals surface area contributed by atoms with E-state index in [2.05, 4.69) is 18.0 Å². The molecule has 1 fully saturated rings. The average Bonchev–Trinajstić information content (AvgIpc) is 3.01. The highest BCUT2D eigenvalue weighted by Gasteiger charge is 2.53. The fourth-order valence-electron chi connectivity index (χ4n) is 3.45. The zero-order chi connectivity index (χ0) is 22.6. The Bertz CT molecular complexity index is 807. The number of carbonyl (C=O) groups excluding carboxylic acids is 3. The molecular weight excluding hydrogens is 396 g/mol. The van der Waals surface area contributed by atoms with Crippen molar-refractivity contribution in [2.45, 2.75) is 51.1 Å². The summed E-state index contributed by atoms with van der Waals surface area (Å²) < 4.78 is 15.6. The highest BCUT2D eigenvalue weighted by atomic mass is 17.1. The van der Waals surface area contributed by atoms with Crippen molar-refractivity contribution >= 4 is 17.9 Å². The maximum absolute atomic E-state index is 12.5. The normalized spacial score (nSPS) is 30.2.